The van der Waals surface area contributed by atoms with Gasteiger partial charge in [-0.25, -0.2) is 4.98 Å². The van der Waals surface area contributed by atoms with Gasteiger partial charge in [0, 0.05) is 23.7 Å². The van der Waals surface area contributed by atoms with Crippen LogP contribution in [0.25, 0.3) is 10.2 Å². The molecule has 1 amide bonds. The van der Waals surface area contributed by atoms with E-state index in [9.17, 15) is 4.79 Å². The summed E-state index contributed by atoms with van der Waals surface area (Å²) in [5, 5.41) is 4.28. The highest BCUT2D eigenvalue weighted by atomic mass is 35.5. The molecule has 0 unspecified atom stereocenters. The molecule has 4 bridgehead atoms. The summed E-state index contributed by atoms with van der Waals surface area (Å²) in [6.07, 6.45) is 6.31. The topological polar surface area (TPSA) is 54.5 Å². The first-order valence-corrected chi connectivity index (χ1v) is 11.9. The molecule has 4 saturated carbocycles. The predicted octanol–water partition coefficient (Wildman–Crippen LogP) is 4.65. The normalized spacial score (nSPS) is 36.0. The van der Waals surface area contributed by atoms with Gasteiger partial charge in [-0.05, 0) is 68.6 Å². The van der Waals surface area contributed by atoms with Crippen molar-refractivity contribution in [2.45, 2.75) is 43.4 Å². The molecule has 29 heavy (non-hydrogen) atoms. The van der Waals surface area contributed by atoms with Crippen LogP contribution >= 0.6 is 22.9 Å². The molecule has 1 aromatic carbocycles. The quantitative estimate of drug-likeness (QED) is 0.718. The fourth-order valence-electron chi connectivity index (χ4n) is 6.56. The Kier molecular flexibility index (Phi) is 4.16. The highest BCUT2D eigenvalue weighted by Crippen LogP contribution is 2.64. The summed E-state index contributed by atoms with van der Waals surface area (Å²) in [4.78, 5) is 20.3. The smallest absolute Gasteiger partial charge is 0.230 e. The summed E-state index contributed by atoms with van der Waals surface area (Å²) in [6, 6.07) is 6.08. The van der Waals surface area contributed by atoms with Gasteiger partial charge in [-0.15, -0.1) is 11.6 Å². The third kappa shape index (κ3) is 3.15. The Morgan fingerprint density at radius 1 is 1.21 bits per heavy atom. The number of ether oxygens (including phenoxy) is 1. The van der Waals surface area contributed by atoms with Crippen molar-refractivity contribution in [3.05, 3.63) is 18.2 Å². The number of fused-ring (bicyclic) bond motifs is 1. The number of nitrogens with zero attached hydrogens (tertiary/aromatic N) is 2. The molecule has 4 aliphatic carbocycles. The lowest BCUT2D eigenvalue weighted by Crippen LogP contribution is -2.57. The van der Waals surface area contributed by atoms with Gasteiger partial charge in [0.2, 0.25) is 5.91 Å². The number of halogens is 1. The number of amides is 1. The Labute approximate surface area is 179 Å². The summed E-state index contributed by atoms with van der Waals surface area (Å²) in [7, 11) is 0. The molecule has 7 rings (SSSR count). The van der Waals surface area contributed by atoms with Crippen molar-refractivity contribution >= 4 is 49.9 Å². The maximum absolute atomic E-state index is 13.4. The lowest BCUT2D eigenvalue weighted by molar-refractivity contribution is -0.138. The third-order valence-electron chi connectivity index (χ3n) is 7.39. The van der Waals surface area contributed by atoms with E-state index in [0.29, 0.717) is 11.8 Å². The molecule has 1 aliphatic heterocycles. The first-order chi connectivity index (χ1) is 14.0. The van der Waals surface area contributed by atoms with E-state index in [1.165, 1.54) is 6.42 Å². The van der Waals surface area contributed by atoms with Crippen LogP contribution in [0.1, 0.15) is 38.5 Å². The van der Waals surface area contributed by atoms with E-state index in [2.05, 4.69) is 16.3 Å². The molecule has 5 fully saturated rings. The van der Waals surface area contributed by atoms with Crippen LogP contribution in [0.2, 0.25) is 0 Å². The summed E-state index contributed by atoms with van der Waals surface area (Å²) in [5.41, 5.74) is 1.59. The molecule has 2 heterocycles. The Hall–Kier alpha value is -1.37. The summed E-state index contributed by atoms with van der Waals surface area (Å²) < 4.78 is 6.56. The number of carbonyl (C=O) groups is 1. The van der Waals surface area contributed by atoms with Gasteiger partial charge in [-0.3, -0.25) is 4.79 Å². The van der Waals surface area contributed by atoms with E-state index in [0.717, 1.165) is 79.4 Å². The molecule has 154 valence electrons. The fraction of sp³-hybridized carbons (Fsp3) is 0.636. The maximum atomic E-state index is 13.4. The zero-order valence-electron chi connectivity index (χ0n) is 16.5. The molecule has 5 nitrogen and oxygen atoms in total. The van der Waals surface area contributed by atoms with Crippen molar-refractivity contribution in [1.29, 1.82) is 0 Å². The van der Waals surface area contributed by atoms with Gasteiger partial charge in [0.05, 0.1) is 28.8 Å². The van der Waals surface area contributed by atoms with E-state index in [1.54, 1.807) is 11.3 Å². The minimum Gasteiger partial charge on any atom is -0.378 e. The van der Waals surface area contributed by atoms with E-state index in [1.807, 2.05) is 12.1 Å². The summed E-state index contributed by atoms with van der Waals surface area (Å²) >= 11 is 8.61. The Morgan fingerprint density at radius 3 is 2.69 bits per heavy atom. The molecule has 1 N–H and O–H groups in total. The number of aromatic nitrogens is 1. The average molecular weight is 432 g/mol. The van der Waals surface area contributed by atoms with E-state index in [-0.39, 0.29) is 16.2 Å². The van der Waals surface area contributed by atoms with Crippen LogP contribution in [0.15, 0.2) is 18.2 Å². The van der Waals surface area contributed by atoms with Gasteiger partial charge >= 0.3 is 0 Å². The van der Waals surface area contributed by atoms with Crippen LogP contribution in [0.4, 0.5) is 10.8 Å². The monoisotopic (exact) mass is 431 g/mol. The minimum absolute atomic E-state index is 0.143. The van der Waals surface area contributed by atoms with Crippen molar-refractivity contribution in [2.24, 2.45) is 17.3 Å². The molecule has 0 radical (unpaired) electrons. The first-order valence-electron chi connectivity index (χ1n) is 10.7. The summed E-state index contributed by atoms with van der Waals surface area (Å²) in [6.45, 7) is 3.27. The second-order valence-corrected chi connectivity index (χ2v) is 11.4. The van der Waals surface area contributed by atoms with Gasteiger partial charge in [0.25, 0.3) is 0 Å². The van der Waals surface area contributed by atoms with Gasteiger partial charge in [0.15, 0.2) is 5.13 Å². The Bertz CT molecular complexity index is 956. The zero-order valence-corrected chi connectivity index (χ0v) is 18.0. The number of hydrogen-bond donors (Lipinski definition) is 1. The Morgan fingerprint density at radius 2 is 1.97 bits per heavy atom. The number of morpholine rings is 1. The molecular weight excluding hydrogens is 406 g/mol. The predicted molar refractivity (Wildman–Crippen MR) is 117 cm³/mol. The van der Waals surface area contributed by atoms with E-state index >= 15 is 0 Å². The number of hydrogen-bond acceptors (Lipinski definition) is 5. The molecule has 5 aliphatic rings. The zero-order chi connectivity index (χ0) is 19.6. The maximum Gasteiger partial charge on any atom is 0.230 e. The average Bonchev–Trinajstić information content (AvgIpc) is 3.10. The number of thiazole rings is 1. The molecule has 2 atom stereocenters. The summed E-state index contributed by atoms with van der Waals surface area (Å²) in [5.74, 6) is 1.42. The van der Waals surface area contributed by atoms with Crippen molar-refractivity contribution in [3.8, 4) is 0 Å². The van der Waals surface area contributed by atoms with Crippen LogP contribution in [0.5, 0.6) is 0 Å². The third-order valence-corrected chi connectivity index (χ3v) is 8.91. The van der Waals surface area contributed by atoms with E-state index in [4.69, 9.17) is 21.3 Å². The molecule has 7 heteroatoms. The highest BCUT2D eigenvalue weighted by molar-refractivity contribution is 7.22. The second kappa shape index (κ2) is 6.56. The molecule has 1 aromatic heterocycles. The van der Waals surface area contributed by atoms with Crippen LogP contribution in [-0.4, -0.2) is 42.1 Å². The number of anilines is 2. The van der Waals surface area contributed by atoms with Crippen LogP contribution in [-0.2, 0) is 9.53 Å². The van der Waals surface area contributed by atoms with Crippen LogP contribution in [0, 0.1) is 17.3 Å². The van der Waals surface area contributed by atoms with Crippen molar-refractivity contribution < 1.29 is 9.53 Å². The Balaban J connectivity index is 1.23. The van der Waals surface area contributed by atoms with Crippen molar-refractivity contribution in [1.82, 2.24) is 4.98 Å². The van der Waals surface area contributed by atoms with Crippen LogP contribution < -0.4 is 10.2 Å². The largest absolute Gasteiger partial charge is 0.378 e. The molecule has 0 spiro atoms. The molecular formula is C22H26ClN3O2S. The van der Waals surface area contributed by atoms with Gasteiger partial charge in [0.1, 0.15) is 0 Å². The highest BCUT2D eigenvalue weighted by Gasteiger charge is 2.60. The number of benzene rings is 1. The van der Waals surface area contributed by atoms with E-state index < -0.39 is 0 Å². The fourth-order valence-corrected chi connectivity index (χ4v) is 8.31. The molecule has 1 saturated heterocycles. The van der Waals surface area contributed by atoms with Gasteiger partial charge < -0.3 is 15.0 Å². The lowest BCUT2D eigenvalue weighted by Gasteiger charge is -2.59. The van der Waals surface area contributed by atoms with Crippen molar-refractivity contribution in [2.75, 3.05) is 36.5 Å². The second-order valence-electron chi connectivity index (χ2n) is 9.62. The number of rotatable bonds is 3. The standard InChI is InChI=1S/C22H26ClN3O2S/c23-22-11-14-7-15(12-22)10-21(9-14,13-22)19(27)24-16-1-2-17-18(8-16)29-20(25-17)26-3-5-28-6-4-26/h1-2,8,14-15H,3-7,9-13H2,(H,24,27)/t14-,15-,21?,22?/m1/s1. The number of carbonyl (C=O) groups excluding carboxylic acids is 1. The van der Waals surface area contributed by atoms with Crippen molar-refractivity contribution in [3.63, 3.8) is 0 Å². The SMILES string of the molecule is O=C(Nc1ccc2nc(N3CCOCC3)sc2c1)C12C[C@H]3C[C@@H](CC(Cl)(C3)C1)C2. The lowest BCUT2D eigenvalue weighted by atomic mass is 9.49. The van der Waals surface area contributed by atoms with Crippen LogP contribution in [0.3, 0.4) is 0 Å². The first kappa shape index (κ1) is 18.4. The van der Waals surface area contributed by atoms with Gasteiger partial charge in [-0.2, -0.15) is 0 Å². The minimum atomic E-state index is -0.270. The number of nitrogens with one attached hydrogen (secondary N) is 1. The van der Waals surface area contributed by atoms with Gasteiger partial charge in [-0.1, -0.05) is 11.3 Å². The number of alkyl halides is 1. The molecule has 2 aromatic rings.